The van der Waals surface area contributed by atoms with Crippen LogP contribution in [0.5, 0.6) is 0 Å². The van der Waals surface area contributed by atoms with Gasteiger partial charge in [0.1, 0.15) is 5.54 Å². The maximum absolute atomic E-state index is 10.8. The van der Waals surface area contributed by atoms with Crippen molar-refractivity contribution in [1.29, 1.82) is 0 Å². The number of nitrogens with two attached hydrogens (primary N) is 2. The van der Waals surface area contributed by atoms with Gasteiger partial charge < -0.3 is 11.5 Å². The lowest BCUT2D eigenvalue weighted by molar-refractivity contribution is -0.123. The highest BCUT2D eigenvalue weighted by molar-refractivity contribution is 5.83. The van der Waals surface area contributed by atoms with E-state index >= 15 is 0 Å². The summed E-state index contributed by atoms with van der Waals surface area (Å²) in [6.07, 6.45) is 3.35. The minimum absolute atomic E-state index is 0.301. The molecule has 0 aliphatic carbocycles. The third-order valence-electron chi connectivity index (χ3n) is 1.61. The second kappa shape index (κ2) is 2.94. The van der Waals surface area contributed by atoms with Gasteiger partial charge in [0.05, 0.1) is 6.54 Å². The van der Waals surface area contributed by atoms with E-state index < -0.39 is 11.4 Å². The number of carbonyl (C=O) groups is 1. The van der Waals surface area contributed by atoms with E-state index in [0.29, 0.717) is 6.54 Å². The Hall–Kier alpha value is -1.36. The number of amides is 1. The lowest BCUT2D eigenvalue weighted by Crippen LogP contribution is -2.52. The molecule has 1 amide bonds. The van der Waals surface area contributed by atoms with Crippen molar-refractivity contribution in [2.45, 2.75) is 19.0 Å². The third-order valence-corrected chi connectivity index (χ3v) is 1.61. The third kappa shape index (κ3) is 1.82. The Bertz CT molecular complexity index is 265. The first-order valence-electron chi connectivity index (χ1n) is 3.58. The maximum Gasteiger partial charge on any atom is 0.239 e. The van der Waals surface area contributed by atoms with Gasteiger partial charge in [0, 0.05) is 12.4 Å². The van der Waals surface area contributed by atoms with Gasteiger partial charge in [-0.2, -0.15) is 5.10 Å². The maximum atomic E-state index is 10.8. The Morgan fingerprint density at radius 2 is 2.42 bits per heavy atom. The largest absolute Gasteiger partial charge is 0.368 e. The summed E-state index contributed by atoms with van der Waals surface area (Å²) in [5.41, 5.74) is 9.66. The first-order chi connectivity index (χ1) is 5.52. The summed E-state index contributed by atoms with van der Waals surface area (Å²) in [6, 6.07) is 1.76. The molecule has 1 rings (SSSR count). The Kier molecular flexibility index (Phi) is 2.14. The van der Waals surface area contributed by atoms with Crippen LogP contribution >= 0.6 is 0 Å². The average molecular weight is 168 g/mol. The molecule has 5 nitrogen and oxygen atoms in total. The molecule has 0 spiro atoms. The van der Waals surface area contributed by atoms with Crippen LogP contribution in [0.4, 0.5) is 0 Å². The van der Waals surface area contributed by atoms with Crippen LogP contribution in [0.25, 0.3) is 0 Å². The molecular formula is C7H12N4O. The van der Waals surface area contributed by atoms with Gasteiger partial charge in [-0.05, 0) is 13.0 Å². The molecule has 1 aromatic rings. The minimum Gasteiger partial charge on any atom is -0.368 e. The number of hydrogen-bond donors (Lipinski definition) is 2. The van der Waals surface area contributed by atoms with Gasteiger partial charge in [-0.25, -0.2) is 0 Å². The fourth-order valence-corrected chi connectivity index (χ4v) is 0.808. The zero-order valence-electron chi connectivity index (χ0n) is 6.90. The van der Waals surface area contributed by atoms with Gasteiger partial charge in [-0.1, -0.05) is 0 Å². The van der Waals surface area contributed by atoms with Crippen molar-refractivity contribution in [3.05, 3.63) is 18.5 Å². The molecule has 4 N–H and O–H groups in total. The molecular weight excluding hydrogens is 156 g/mol. The first kappa shape index (κ1) is 8.73. The van der Waals surface area contributed by atoms with Crippen molar-refractivity contribution in [2.75, 3.05) is 0 Å². The van der Waals surface area contributed by atoms with E-state index in [-0.39, 0.29) is 0 Å². The van der Waals surface area contributed by atoms with Crippen molar-refractivity contribution >= 4 is 5.91 Å². The van der Waals surface area contributed by atoms with E-state index in [4.69, 9.17) is 11.5 Å². The molecule has 0 saturated heterocycles. The van der Waals surface area contributed by atoms with E-state index in [1.807, 2.05) is 0 Å². The quantitative estimate of drug-likeness (QED) is 0.612. The molecule has 0 aliphatic rings. The molecule has 1 unspecified atom stereocenters. The van der Waals surface area contributed by atoms with Gasteiger partial charge in [0.15, 0.2) is 0 Å². The van der Waals surface area contributed by atoms with Gasteiger partial charge in [0.25, 0.3) is 0 Å². The van der Waals surface area contributed by atoms with Crippen molar-refractivity contribution in [3.8, 4) is 0 Å². The number of rotatable bonds is 3. The first-order valence-corrected chi connectivity index (χ1v) is 3.58. The van der Waals surface area contributed by atoms with Crippen molar-refractivity contribution < 1.29 is 4.79 Å². The van der Waals surface area contributed by atoms with E-state index in [1.165, 1.54) is 0 Å². The smallest absolute Gasteiger partial charge is 0.239 e. The van der Waals surface area contributed by atoms with E-state index in [1.54, 1.807) is 30.1 Å². The lowest BCUT2D eigenvalue weighted by Gasteiger charge is -2.19. The van der Waals surface area contributed by atoms with Crippen LogP contribution in [-0.4, -0.2) is 21.2 Å². The number of primary amides is 1. The van der Waals surface area contributed by atoms with Gasteiger partial charge in [-0.3, -0.25) is 9.48 Å². The molecule has 0 aromatic carbocycles. The van der Waals surface area contributed by atoms with E-state index in [0.717, 1.165) is 0 Å². The molecule has 66 valence electrons. The Morgan fingerprint density at radius 1 is 1.75 bits per heavy atom. The Morgan fingerprint density at radius 3 is 2.83 bits per heavy atom. The number of hydrogen-bond acceptors (Lipinski definition) is 3. The monoisotopic (exact) mass is 168 g/mol. The second-order valence-corrected chi connectivity index (χ2v) is 2.99. The summed E-state index contributed by atoms with van der Waals surface area (Å²) in [4.78, 5) is 10.8. The highest BCUT2D eigenvalue weighted by Gasteiger charge is 2.26. The van der Waals surface area contributed by atoms with Gasteiger partial charge >= 0.3 is 0 Å². The predicted molar refractivity (Wildman–Crippen MR) is 44.0 cm³/mol. The summed E-state index contributed by atoms with van der Waals surface area (Å²) in [5.74, 6) is -0.530. The van der Waals surface area contributed by atoms with E-state index in [9.17, 15) is 4.79 Å². The molecule has 1 atom stereocenters. The minimum atomic E-state index is -1.04. The summed E-state index contributed by atoms with van der Waals surface area (Å²) in [6.45, 7) is 1.88. The lowest BCUT2D eigenvalue weighted by atomic mass is 10.0. The number of nitrogens with zero attached hydrogens (tertiary/aromatic N) is 2. The van der Waals surface area contributed by atoms with Crippen LogP contribution in [0.3, 0.4) is 0 Å². The normalized spacial score (nSPS) is 15.5. The number of aromatic nitrogens is 2. The highest BCUT2D eigenvalue weighted by atomic mass is 16.1. The summed E-state index contributed by atoms with van der Waals surface area (Å²) in [7, 11) is 0. The average Bonchev–Trinajstić information content (AvgIpc) is 2.38. The molecule has 5 heteroatoms. The fourth-order valence-electron chi connectivity index (χ4n) is 0.808. The fraction of sp³-hybridized carbons (Fsp3) is 0.429. The summed E-state index contributed by atoms with van der Waals surface area (Å²) < 4.78 is 1.57. The van der Waals surface area contributed by atoms with Crippen LogP contribution in [0, 0.1) is 0 Å². The zero-order valence-corrected chi connectivity index (χ0v) is 6.90. The highest BCUT2D eigenvalue weighted by Crippen LogP contribution is 2.01. The van der Waals surface area contributed by atoms with Crippen LogP contribution in [-0.2, 0) is 11.3 Å². The van der Waals surface area contributed by atoms with Gasteiger partial charge in [0.2, 0.25) is 5.91 Å². The van der Waals surface area contributed by atoms with Crippen molar-refractivity contribution in [2.24, 2.45) is 11.5 Å². The van der Waals surface area contributed by atoms with Gasteiger partial charge in [-0.15, -0.1) is 0 Å². The molecule has 12 heavy (non-hydrogen) atoms. The van der Waals surface area contributed by atoms with Crippen LogP contribution in [0.2, 0.25) is 0 Å². The molecule has 1 aromatic heterocycles. The Balaban J connectivity index is 2.69. The topological polar surface area (TPSA) is 86.9 Å². The molecule has 0 aliphatic heterocycles. The molecule has 0 saturated carbocycles. The van der Waals surface area contributed by atoms with E-state index in [2.05, 4.69) is 5.10 Å². The number of carbonyl (C=O) groups excluding carboxylic acids is 1. The van der Waals surface area contributed by atoms with Crippen molar-refractivity contribution in [1.82, 2.24) is 9.78 Å². The molecule has 1 heterocycles. The van der Waals surface area contributed by atoms with Crippen LogP contribution < -0.4 is 11.5 Å². The predicted octanol–water partition coefficient (Wildman–Crippen LogP) is -0.914. The molecule has 0 radical (unpaired) electrons. The zero-order chi connectivity index (χ0) is 9.19. The van der Waals surface area contributed by atoms with Crippen LogP contribution in [0.15, 0.2) is 18.5 Å². The Labute approximate surface area is 70.3 Å². The molecule has 0 bridgehead atoms. The second-order valence-electron chi connectivity index (χ2n) is 2.99. The standard InChI is InChI=1S/C7H12N4O/c1-7(9,6(8)12)5-11-4-2-3-10-11/h2-4H,5,9H2,1H3,(H2,8,12). The summed E-state index contributed by atoms with van der Waals surface area (Å²) >= 11 is 0. The molecule has 0 fully saturated rings. The van der Waals surface area contributed by atoms with Crippen LogP contribution in [0.1, 0.15) is 6.92 Å². The SMILES string of the molecule is CC(N)(Cn1cccn1)C(N)=O. The van der Waals surface area contributed by atoms with Crippen molar-refractivity contribution in [3.63, 3.8) is 0 Å². The summed E-state index contributed by atoms with van der Waals surface area (Å²) in [5, 5.41) is 3.91.